The SMILES string of the molecule is O=C1CO[C@H]2CN(Cc3ccc(Cl)cc3F)C[C@@H]2N1. The summed E-state index contributed by atoms with van der Waals surface area (Å²) in [5, 5.41) is 3.29. The van der Waals surface area contributed by atoms with Crippen molar-refractivity contribution in [3.8, 4) is 0 Å². The first-order chi connectivity index (χ1) is 9.11. The highest BCUT2D eigenvalue weighted by atomic mass is 35.5. The number of fused-ring (bicyclic) bond motifs is 1. The second-order valence-electron chi connectivity index (χ2n) is 4.95. The molecule has 0 aromatic heterocycles. The highest BCUT2D eigenvalue weighted by Gasteiger charge is 2.37. The fourth-order valence-electron chi connectivity index (χ4n) is 2.61. The van der Waals surface area contributed by atoms with Gasteiger partial charge >= 0.3 is 0 Å². The zero-order chi connectivity index (χ0) is 13.4. The summed E-state index contributed by atoms with van der Waals surface area (Å²) in [4.78, 5) is 13.3. The normalized spacial score (nSPS) is 27.2. The van der Waals surface area contributed by atoms with E-state index in [1.54, 1.807) is 12.1 Å². The monoisotopic (exact) mass is 284 g/mol. The molecule has 2 atom stereocenters. The van der Waals surface area contributed by atoms with Crippen molar-refractivity contribution < 1.29 is 13.9 Å². The fourth-order valence-corrected chi connectivity index (χ4v) is 2.77. The first-order valence-electron chi connectivity index (χ1n) is 6.19. The largest absolute Gasteiger partial charge is 0.365 e. The quantitative estimate of drug-likeness (QED) is 0.887. The Hall–Kier alpha value is -1.17. The molecule has 0 aliphatic carbocycles. The molecule has 6 heteroatoms. The van der Waals surface area contributed by atoms with E-state index in [2.05, 4.69) is 10.2 Å². The van der Waals surface area contributed by atoms with Crippen molar-refractivity contribution in [1.29, 1.82) is 0 Å². The maximum atomic E-state index is 13.7. The Labute approximate surface area is 115 Å². The number of halogens is 2. The average Bonchev–Trinajstić information content (AvgIpc) is 2.74. The van der Waals surface area contributed by atoms with Crippen molar-refractivity contribution in [1.82, 2.24) is 10.2 Å². The van der Waals surface area contributed by atoms with Gasteiger partial charge in [-0.25, -0.2) is 4.39 Å². The van der Waals surface area contributed by atoms with Gasteiger partial charge < -0.3 is 10.1 Å². The molecule has 0 radical (unpaired) electrons. The lowest BCUT2D eigenvalue weighted by Crippen LogP contribution is -2.50. The number of hydrogen-bond acceptors (Lipinski definition) is 3. The van der Waals surface area contributed by atoms with Gasteiger partial charge in [-0.3, -0.25) is 9.69 Å². The van der Waals surface area contributed by atoms with Gasteiger partial charge in [0.25, 0.3) is 0 Å². The third-order valence-electron chi connectivity index (χ3n) is 3.53. The lowest BCUT2D eigenvalue weighted by Gasteiger charge is -2.25. The van der Waals surface area contributed by atoms with Crippen molar-refractivity contribution in [3.05, 3.63) is 34.6 Å². The minimum Gasteiger partial charge on any atom is -0.365 e. The molecule has 0 unspecified atom stereocenters. The smallest absolute Gasteiger partial charge is 0.246 e. The van der Waals surface area contributed by atoms with Gasteiger partial charge in [0, 0.05) is 30.2 Å². The third-order valence-corrected chi connectivity index (χ3v) is 3.76. The van der Waals surface area contributed by atoms with E-state index in [-0.39, 0.29) is 30.5 Å². The molecule has 2 aliphatic rings. The number of nitrogens with one attached hydrogen (secondary N) is 1. The van der Waals surface area contributed by atoms with Gasteiger partial charge in [0.05, 0.1) is 12.1 Å². The van der Waals surface area contributed by atoms with E-state index in [4.69, 9.17) is 16.3 Å². The Morgan fingerprint density at radius 2 is 2.32 bits per heavy atom. The number of likely N-dealkylation sites (tertiary alicyclic amines) is 1. The molecule has 2 heterocycles. The van der Waals surface area contributed by atoms with Gasteiger partial charge in [0.15, 0.2) is 0 Å². The van der Waals surface area contributed by atoms with Gasteiger partial charge in [-0.15, -0.1) is 0 Å². The van der Waals surface area contributed by atoms with Crippen LogP contribution in [0.25, 0.3) is 0 Å². The van der Waals surface area contributed by atoms with Crippen molar-refractivity contribution in [3.63, 3.8) is 0 Å². The van der Waals surface area contributed by atoms with Crippen LogP contribution in [0.4, 0.5) is 4.39 Å². The molecular weight excluding hydrogens is 271 g/mol. The Kier molecular flexibility index (Phi) is 3.43. The highest BCUT2D eigenvalue weighted by Crippen LogP contribution is 2.21. The predicted molar refractivity (Wildman–Crippen MR) is 68.4 cm³/mol. The van der Waals surface area contributed by atoms with Crippen LogP contribution in [-0.2, 0) is 16.1 Å². The second kappa shape index (κ2) is 5.07. The van der Waals surface area contributed by atoms with Crippen LogP contribution in [0.2, 0.25) is 5.02 Å². The van der Waals surface area contributed by atoms with Crippen molar-refractivity contribution in [2.45, 2.75) is 18.7 Å². The van der Waals surface area contributed by atoms with E-state index in [9.17, 15) is 9.18 Å². The minimum atomic E-state index is -0.299. The van der Waals surface area contributed by atoms with Crippen LogP contribution in [0, 0.1) is 5.82 Å². The standard InChI is InChI=1S/C13H14ClFN2O2/c14-9-2-1-8(10(15)3-9)4-17-5-11-12(6-17)19-7-13(18)16-11/h1-3,11-12H,4-7H2,(H,16,18)/t11-,12-/m0/s1. The number of amides is 1. The number of hydrogen-bond donors (Lipinski definition) is 1. The Bertz CT molecular complexity index is 511. The molecule has 1 amide bonds. The second-order valence-corrected chi connectivity index (χ2v) is 5.39. The zero-order valence-corrected chi connectivity index (χ0v) is 11.0. The van der Waals surface area contributed by atoms with E-state index >= 15 is 0 Å². The van der Waals surface area contributed by atoms with Crippen molar-refractivity contribution in [2.75, 3.05) is 19.7 Å². The van der Waals surface area contributed by atoms with E-state index in [0.717, 1.165) is 0 Å². The Morgan fingerprint density at radius 1 is 1.47 bits per heavy atom. The molecule has 2 saturated heterocycles. The molecule has 1 N–H and O–H groups in total. The van der Waals surface area contributed by atoms with Crippen LogP contribution in [0.1, 0.15) is 5.56 Å². The minimum absolute atomic E-state index is 0.00746. The molecule has 0 bridgehead atoms. The summed E-state index contributed by atoms with van der Waals surface area (Å²) in [5.74, 6) is -0.381. The number of carbonyl (C=O) groups is 1. The van der Waals surface area contributed by atoms with Crippen LogP contribution < -0.4 is 5.32 Å². The molecule has 1 aromatic rings. The molecular formula is C13H14ClFN2O2. The lowest BCUT2D eigenvalue weighted by atomic mass is 10.2. The molecule has 4 nitrogen and oxygen atoms in total. The summed E-state index contributed by atoms with van der Waals surface area (Å²) in [7, 11) is 0. The van der Waals surface area contributed by atoms with Gasteiger partial charge in [0.1, 0.15) is 12.4 Å². The summed E-state index contributed by atoms with van der Waals surface area (Å²) in [5.41, 5.74) is 0.606. The number of carbonyl (C=O) groups excluding carboxylic acids is 1. The van der Waals surface area contributed by atoms with Crippen LogP contribution in [0.15, 0.2) is 18.2 Å². The summed E-state index contributed by atoms with van der Waals surface area (Å²) in [6, 6.07) is 4.70. The number of rotatable bonds is 2. The zero-order valence-electron chi connectivity index (χ0n) is 10.2. The molecule has 2 aliphatic heterocycles. The maximum Gasteiger partial charge on any atom is 0.246 e. The molecule has 1 aromatic carbocycles. The first-order valence-corrected chi connectivity index (χ1v) is 6.57. The molecule has 0 spiro atoms. The van der Waals surface area contributed by atoms with Crippen molar-refractivity contribution in [2.24, 2.45) is 0 Å². The van der Waals surface area contributed by atoms with E-state index < -0.39 is 0 Å². The topological polar surface area (TPSA) is 41.6 Å². The Morgan fingerprint density at radius 3 is 3.11 bits per heavy atom. The van der Waals surface area contributed by atoms with Gasteiger partial charge in [-0.05, 0) is 12.1 Å². The summed E-state index contributed by atoms with van der Waals surface area (Å²) in [6.45, 7) is 1.99. The first kappa shape index (κ1) is 12.8. The molecule has 3 rings (SSSR count). The average molecular weight is 285 g/mol. The maximum absolute atomic E-state index is 13.7. The highest BCUT2D eigenvalue weighted by molar-refractivity contribution is 6.30. The molecule has 2 fully saturated rings. The lowest BCUT2D eigenvalue weighted by molar-refractivity contribution is -0.134. The van der Waals surface area contributed by atoms with Gasteiger partial charge in [-0.1, -0.05) is 17.7 Å². The molecule has 0 saturated carbocycles. The Balaban J connectivity index is 1.67. The van der Waals surface area contributed by atoms with Gasteiger partial charge in [0.2, 0.25) is 5.91 Å². The number of benzene rings is 1. The van der Waals surface area contributed by atoms with E-state index in [1.165, 1.54) is 6.07 Å². The van der Waals surface area contributed by atoms with Crippen molar-refractivity contribution >= 4 is 17.5 Å². The fraction of sp³-hybridized carbons (Fsp3) is 0.462. The van der Waals surface area contributed by atoms with Crippen LogP contribution in [0.5, 0.6) is 0 Å². The summed E-state index contributed by atoms with van der Waals surface area (Å²) < 4.78 is 19.2. The number of ether oxygens (including phenoxy) is 1. The number of morpholine rings is 1. The molecule has 19 heavy (non-hydrogen) atoms. The number of nitrogens with zero attached hydrogens (tertiary/aromatic N) is 1. The van der Waals surface area contributed by atoms with Crippen LogP contribution in [0.3, 0.4) is 0 Å². The van der Waals surface area contributed by atoms with Gasteiger partial charge in [-0.2, -0.15) is 0 Å². The summed E-state index contributed by atoms with van der Waals surface area (Å²) >= 11 is 5.73. The van der Waals surface area contributed by atoms with E-state index in [1.807, 2.05) is 0 Å². The van der Waals surface area contributed by atoms with Crippen LogP contribution in [-0.4, -0.2) is 42.6 Å². The van der Waals surface area contributed by atoms with Crippen LogP contribution >= 0.6 is 11.6 Å². The van der Waals surface area contributed by atoms with E-state index in [0.29, 0.717) is 30.2 Å². The predicted octanol–water partition coefficient (Wildman–Crippen LogP) is 1.18. The summed E-state index contributed by atoms with van der Waals surface area (Å²) in [6.07, 6.45) is 0.00746. The molecule has 102 valence electrons. The third kappa shape index (κ3) is 2.73.